The highest BCUT2D eigenvalue weighted by Gasteiger charge is 2.36. The molecule has 1 aliphatic carbocycles. The first kappa shape index (κ1) is 19.4. The Balaban J connectivity index is 2.16. The molecule has 4 rings (SSSR count). The first-order chi connectivity index (χ1) is 14.2. The van der Waals surface area contributed by atoms with Crippen LogP contribution in [0.3, 0.4) is 0 Å². The number of anilines is 1. The molecular weight excluding hydrogens is 406 g/mol. The molecule has 0 fully saturated rings. The third-order valence-corrected chi connectivity index (χ3v) is 4.75. The van der Waals surface area contributed by atoms with Crippen molar-refractivity contribution in [2.24, 2.45) is 5.92 Å². The van der Waals surface area contributed by atoms with Crippen LogP contribution in [0.25, 0.3) is 5.57 Å². The zero-order chi connectivity index (χ0) is 21.7. The maximum Gasteiger partial charge on any atom is 0.339 e. The number of nitrogen functional groups attached to an aromatic ring is 1. The first-order valence-electron chi connectivity index (χ1n) is 8.52. The van der Waals surface area contributed by atoms with Crippen LogP contribution in [0.4, 0.5) is 23.2 Å². The molecule has 0 spiro atoms. The molecule has 2 aliphatic rings. The predicted molar refractivity (Wildman–Crippen MR) is 97.5 cm³/mol. The van der Waals surface area contributed by atoms with Crippen LogP contribution < -0.4 is 10.5 Å². The minimum Gasteiger partial charge on any atom is -0.478 e. The van der Waals surface area contributed by atoms with Crippen LogP contribution in [0, 0.1) is 29.2 Å². The van der Waals surface area contributed by atoms with Crippen LogP contribution in [0.5, 0.6) is 5.75 Å². The third-order valence-electron chi connectivity index (χ3n) is 4.75. The largest absolute Gasteiger partial charge is 0.478 e. The number of nitrogens with two attached hydrogens (primary N) is 1. The average molecular weight is 417 g/mol. The number of carbonyl (C=O) groups excluding carboxylic acids is 1. The second-order valence-corrected chi connectivity index (χ2v) is 6.56. The number of halogens is 4. The van der Waals surface area contributed by atoms with E-state index in [1.54, 1.807) is 0 Å². The molecule has 0 amide bonds. The summed E-state index contributed by atoms with van der Waals surface area (Å²) in [4.78, 5) is 22.8. The van der Waals surface area contributed by atoms with Gasteiger partial charge in [0, 0.05) is 34.0 Å². The molecule has 30 heavy (non-hydrogen) atoms. The van der Waals surface area contributed by atoms with Gasteiger partial charge in [-0.15, -0.1) is 0 Å². The van der Waals surface area contributed by atoms with Crippen molar-refractivity contribution in [1.29, 1.82) is 0 Å². The SMILES string of the molecule is Nc1ccc2c(c1)OC1=CC(C=O)C=CC1=C2c1c(F)c(F)c(F)c(F)c1C(=O)O. The van der Waals surface area contributed by atoms with E-state index in [4.69, 9.17) is 10.5 Å². The highest BCUT2D eigenvalue weighted by Crippen LogP contribution is 2.46. The number of aldehydes is 1. The number of hydrogen-bond acceptors (Lipinski definition) is 4. The van der Waals surface area contributed by atoms with E-state index in [1.165, 1.54) is 36.4 Å². The van der Waals surface area contributed by atoms with Crippen LogP contribution in [0.1, 0.15) is 21.5 Å². The third kappa shape index (κ3) is 2.78. The van der Waals surface area contributed by atoms with Gasteiger partial charge >= 0.3 is 5.97 Å². The summed E-state index contributed by atoms with van der Waals surface area (Å²) < 4.78 is 62.8. The molecule has 0 radical (unpaired) electrons. The van der Waals surface area contributed by atoms with Gasteiger partial charge in [0.1, 0.15) is 23.4 Å². The summed E-state index contributed by atoms with van der Waals surface area (Å²) in [5.41, 5.74) is 3.53. The van der Waals surface area contributed by atoms with Gasteiger partial charge in [0.2, 0.25) is 0 Å². The summed E-state index contributed by atoms with van der Waals surface area (Å²) in [6, 6.07) is 4.09. The lowest BCUT2D eigenvalue weighted by atomic mass is 9.84. The van der Waals surface area contributed by atoms with Gasteiger partial charge in [0.05, 0.1) is 5.92 Å². The summed E-state index contributed by atoms with van der Waals surface area (Å²) in [6.07, 6.45) is 4.71. The van der Waals surface area contributed by atoms with E-state index in [1.807, 2.05) is 0 Å². The summed E-state index contributed by atoms with van der Waals surface area (Å²) >= 11 is 0. The lowest BCUT2D eigenvalue weighted by Gasteiger charge is -2.28. The number of ether oxygens (including phenoxy) is 1. The topological polar surface area (TPSA) is 89.6 Å². The van der Waals surface area contributed by atoms with Crippen molar-refractivity contribution < 1.29 is 37.0 Å². The predicted octanol–water partition coefficient (Wildman–Crippen LogP) is 3.99. The molecule has 0 bridgehead atoms. The monoisotopic (exact) mass is 417 g/mol. The van der Waals surface area contributed by atoms with Gasteiger partial charge in [-0.3, -0.25) is 0 Å². The van der Waals surface area contributed by atoms with Crippen LogP contribution in [0.15, 0.2) is 47.8 Å². The molecule has 2 aromatic rings. The molecule has 1 atom stereocenters. The minimum atomic E-state index is -2.24. The van der Waals surface area contributed by atoms with Gasteiger partial charge < -0.3 is 20.4 Å². The number of carbonyl (C=O) groups is 2. The fourth-order valence-corrected chi connectivity index (χ4v) is 3.42. The molecular formula is C21H11F4NO4. The number of benzene rings is 2. The van der Waals surface area contributed by atoms with E-state index in [9.17, 15) is 32.3 Å². The lowest BCUT2D eigenvalue weighted by molar-refractivity contribution is -0.109. The van der Waals surface area contributed by atoms with Gasteiger partial charge in [-0.05, 0) is 18.2 Å². The molecule has 3 N–H and O–H groups in total. The standard InChI is InChI=1S/C21H11F4NO4/c22-17-15(16(21(28)29)18(23)20(25)19(17)24)14-10-3-1-8(7-27)5-12(10)30-13-6-9(26)2-4-11(13)14/h1-8H,26H2,(H,28,29). The van der Waals surface area contributed by atoms with Crippen molar-refractivity contribution in [1.82, 2.24) is 0 Å². The Kier molecular flexibility index (Phi) is 4.45. The molecule has 2 aromatic carbocycles. The Labute approximate surface area is 166 Å². The molecule has 1 aliphatic heterocycles. The normalized spacial score (nSPS) is 17.1. The summed E-state index contributed by atoms with van der Waals surface area (Å²) in [5.74, 6) is -10.9. The molecule has 0 aromatic heterocycles. The number of hydrogen-bond donors (Lipinski definition) is 2. The van der Waals surface area contributed by atoms with Crippen molar-refractivity contribution in [2.45, 2.75) is 0 Å². The fraction of sp³-hybridized carbons (Fsp3) is 0.0476. The summed E-state index contributed by atoms with van der Waals surface area (Å²) in [7, 11) is 0. The molecule has 0 saturated carbocycles. The van der Waals surface area contributed by atoms with Crippen molar-refractivity contribution in [3.05, 3.63) is 87.7 Å². The van der Waals surface area contributed by atoms with Crippen LogP contribution in [0.2, 0.25) is 0 Å². The van der Waals surface area contributed by atoms with Gasteiger partial charge in [0.15, 0.2) is 23.3 Å². The molecule has 1 heterocycles. The van der Waals surface area contributed by atoms with Gasteiger partial charge in [-0.2, -0.15) is 0 Å². The van der Waals surface area contributed by atoms with E-state index in [-0.39, 0.29) is 33.9 Å². The van der Waals surface area contributed by atoms with E-state index in [0.717, 1.165) is 0 Å². The van der Waals surface area contributed by atoms with E-state index in [2.05, 4.69) is 0 Å². The smallest absolute Gasteiger partial charge is 0.339 e. The zero-order valence-corrected chi connectivity index (χ0v) is 14.9. The highest BCUT2D eigenvalue weighted by atomic mass is 19.2. The molecule has 9 heteroatoms. The fourth-order valence-electron chi connectivity index (χ4n) is 3.42. The maximum absolute atomic E-state index is 14.9. The Morgan fingerprint density at radius 3 is 2.47 bits per heavy atom. The zero-order valence-electron chi connectivity index (χ0n) is 14.9. The maximum atomic E-state index is 14.9. The average Bonchev–Trinajstić information content (AvgIpc) is 2.72. The van der Waals surface area contributed by atoms with Crippen LogP contribution >= 0.6 is 0 Å². The molecule has 1 unspecified atom stereocenters. The van der Waals surface area contributed by atoms with Crippen LogP contribution in [-0.4, -0.2) is 17.4 Å². The first-order valence-corrected chi connectivity index (χ1v) is 8.52. The number of carboxylic acid groups (broad SMARTS) is 1. The second kappa shape index (κ2) is 6.87. The number of allylic oxidation sites excluding steroid dienone is 3. The Morgan fingerprint density at radius 2 is 1.80 bits per heavy atom. The summed E-state index contributed by atoms with van der Waals surface area (Å²) in [6.45, 7) is 0. The van der Waals surface area contributed by atoms with Crippen LogP contribution in [-0.2, 0) is 4.79 Å². The van der Waals surface area contributed by atoms with E-state index >= 15 is 0 Å². The number of rotatable bonds is 3. The molecule has 152 valence electrons. The highest BCUT2D eigenvalue weighted by molar-refractivity contribution is 6.01. The number of aromatic carboxylic acids is 1. The minimum absolute atomic E-state index is 0.0311. The second-order valence-electron chi connectivity index (χ2n) is 6.56. The lowest BCUT2D eigenvalue weighted by Crippen LogP contribution is -2.19. The Morgan fingerprint density at radius 1 is 1.10 bits per heavy atom. The van der Waals surface area contributed by atoms with E-state index < -0.39 is 46.3 Å². The van der Waals surface area contributed by atoms with Crippen molar-refractivity contribution in [3.63, 3.8) is 0 Å². The van der Waals surface area contributed by atoms with Crippen molar-refractivity contribution >= 4 is 23.5 Å². The van der Waals surface area contributed by atoms with E-state index in [0.29, 0.717) is 6.29 Å². The van der Waals surface area contributed by atoms with Crippen molar-refractivity contribution in [3.8, 4) is 5.75 Å². The molecule has 0 saturated heterocycles. The van der Waals surface area contributed by atoms with Gasteiger partial charge in [0.25, 0.3) is 0 Å². The van der Waals surface area contributed by atoms with Gasteiger partial charge in [-0.1, -0.05) is 12.2 Å². The number of fused-ring (bicyclic) bond motifs is 2. The van der Waals surface area contributed by atoms with Gasteiger partial charge in [-0.25, -0.2) is 22.4 Å². The molecule has 5 nitrogen and oxygen atoms in total. The van der Waals surface area contributed by atoms with Crippen molar-refractivity contribution in [2.75, 3.05) is 5.73 Å². The quantitative estimate of drug-likeness (QED) is 0.259. The Hall–Kier alpha value is -3.88. The summed E-state index contributed by atoms with van der Waals surface area (Å²) in [5, 5.41) is 9.44. The Bertz CT molecular complexity index is 1230. The number of carboxylic acids is 1.